The molecule has 2 fully saturated rings. The summed E-state index contributed by atoms with van der Waals surface area (Å²) in [7, 11) is 0. The van der Waals surface area contributed by atoms with Gasteiger partial charge in [-0.25, -0.2) is 4.79 Å². The zero-order valence-electron chi connectivity index (χ0n) is 19.5. The van der Waals surface area contributed by atoms with Crippen LogP contribution in [0.25, 0.3) is 0 Å². The van der Waals surface area contributed by atoms with Gasteiger partial charge in [0.2, 0.25) is 0 Å². The van der Waals surface area contributed by atoms with Crippen LogP contribution >= 0.6 is 0 Å². The van der Waals surface area contributed by atoms with Gasteiger partial charge in [0.25, 0.3) is 0 Å². The molecule has 4 heteroatoms. The van der Waals surface area contributed by atoms with Gasteiger partial charge >= 0.3 is 6.09 Å². The first-order valence-corrected chi connectivity index (χ1v) is 12.2. The first-order valence-electron chi connectivity index (χ1n) is 12.2. The van der Waals surface area contributed by atoms with Crippen molar-refractivity contribution in [2.24, 2.45) is 11.8 Å². The lowest BCUT2D eigenvalue weighted by Crippen LogP contribution is -2.48. The lowest BCUT2D eigenvalue weighted by molar-refractivity contribution is -0.132. The van der Waals surface area contributed by atoms with Crippen LogP contribution < -0.4 is 5.32 Å². The number of hydrogen-bond acceptors (Lipinski definition) is 3. The molecule has 174 valence electrons. The van der Waals surface area contributed by atoms with Crippen LogP contribution in [0, 0.1) is 11.8 Å². The van der Waals surface area contributed by atoms with E-state index < -0.39 is 6.09 Å². The number of carbonyl (C=O) groups is 2. The zero-order valence-corrected chi connectivity index (χ0v) is 19.5. The number of rotatable bonds is 5. The van der Waals surface area contributed by atoms with Gasteiger partial charge in [-0.15, -0.1) is 0 Å². The fraction of sp³-hybridized carbons (Fsp3) is 0.333. The van der Waals surface area contributed by atoms with Gasteiger partial charge < -0.3 is 10.1 Å². The fourth-order valence-corrected chi connectivity index (χ4v) is 5.94. The summed E-state index contributed by atoms with van der Waals surface area (Å²) in [5.41, 5.74) is 3.35. The number of fused-ring (bicyclic) bond motifs is 2. The average molecular weight is 454 g/mol. The van der Waals surface area contributed by atoms with Gasteiger partial charge in [-0.05, 0) is 48.3 Å². The molecule has 0 aromatic heterocycles. The molecule has 34 heavy (non-hydrogen) atoms. The Balaban J connectivity index is 1.39. The smallest absolute Gasteiger partial charge is 0.407 e. The Bertz CT molecular complexity index is 1080. The first kappa shape index (κ1) is 22.4. The number of nitrogens with one attached hydrogen (secondary N) is 1. The summed E-state index contributed by atoms with van der Waals surface area (Å²) in [4.78, 5) is 26.3. The van der Waals surface area contributed by atoms with Crippen LogP contribution in [0.4, 0.5) is 4.79 Å². The van der Waals surface area contributed by atoms with Crippen molar-refractivity contribution in [3.63, 3.8) is 0 Å². The SMILES string of the molecule is C[C@@H](NC(=O)O[C@H]1C[C@H](c2ccccc2)[C@H]2C[C@H]1[C@@H](c1ccccc1)CC2=O)c1ccccc1. The summed E-state index contributed by atoms with van der Waals surface area (Å²) in [6, 6.07) is 30.2. The summed E-state index contributed by atoms with van der Waals surface area (Å²) in [5.74, 6) is 0.595. The van der Waals surface area contributed by atoms with Crippen molar-refractivity contribution in [1.29, 1.82) is 0 Å². The molecular weight excluding hydrogens is 422 g/mol. The third kappa shape index (κ3) is 4.63. The molecule has 0 heterocycles. The number of Topliss-reactive ketones (excluding diaryl/α,β-unsaturated/α-hetero) is 1. The number of alkyl carbamates (subject to hydrolysis) is 1. The van der Waals surface area contributed by atoms with Gasteiger partial charge in [-0.2, -0.15) is 0 Å². The van der Waals surface area contributed by atoms with Crippen LogP contribution in [-0.4, -0.2) is 18.0 Å². The maximum atomic E-state index is 13.3. The monoisotopic (exact) mass is 453 g/mol. The summed E-state index contributed by atoms with van der Waals surface area (Å²) in [6.45, 7) is 1.96. The van der Waals surface area contributed by atoms with Gasteiger partial charge in [0, 0.05) is 18.3 Å². The van der Waals surface area contributed by atoms with Crippen LogP contribution in [0.1, 0.15) is 60.8 Å². The third-order valence-corrected chi connectivity index (χ3v) is 7.67. The normalized spacial score (nSPS) is 27.0. The molecule has 0 aliphatic heterocycles. The number of benzene rings is 3. The number of ether oxygens (including phenoxy) is 1. The standard InChI is InChI=1S/C30H31NO3/c1-20(21-11-5-2-6-12-21)31-30(33)34-29-19-25(23-15-9-4-10-16-23)26-17-27(29)24(18-28(26)32)22-13-7-3-8-14-22/h2-16,20,24-27,29H,17-19H2,1H3,(H,31,33)/t20-,24-,25-,26-,27+,29+/m1/s1. The molecule has 1 amide bonds. The molecule has 6 atom stereocenters. The minimum atomic E-state index is -0.393. The second-order valence-corrected chi connectivity index (χ2v) is 9.67. The highest BCUT2D eigenvalue weighted by Crippen LogP contribution is 2.52. The lowest BCUT2D eigenvalue weighted by Gasteiger charge is -2.47. The highest BCUT2D eigenvalue weighted by molar-refractivity contribution is 5.84. The van der Waals surface area contributed by atoms with Crippen molar-refractivity contribution in [2.75, 3.05) is 0 Å². The van der Waals surface area contributed by atoms with Crippen molar-refractivity contribution in [3.8, 4) is 0 Å². The van der Waals surface area contributed by atoms with Crippen molar-refractivity contribution in [1.82, 2.24) is 5.32 Å². The van der Waals surface area contributed by atoms with Gasteiger partial charge in [0.05, 0.1) is 6.04 Å². The van der Waals surface area contributed by atoms with Gasteiger partial charge in [-0.3, -0.25) is 4.79 Å². The largest absolute Gasteiger partial charge is 0.446 e. The topological polar surface area (TPSA) is 55.4 Å². The van der Waals surface area contributed by atoms with Crippen LogP contribution in [0.5, 0.6) is 0 Å². The minimum absolute atomic E-state index is 0.0153. The van der Waals surface area contributed by atoms with Gasteiger partial charge in [-0.1, -0.05) is 91.0 Å². The predicted octanol–water partition coefficient (Wildman–Crippen LogP) is 6.41. The number of hydrogen-bond donors (Lipinski definition) is 1. The van der Waals surface area contributed by atoms with Crippen LogP contribution in [0.15, 0.2) is 91.0 Å². The molecular formula is C30H31NO3. The molecule has 4 nitrogen and oxygen atoms in total. The Morgan fingerprint density at radius 2 is 1.35 bits per heavy atom. The van der Waals surface area contributed by atoms with Crippen LogP contribution in [0.3, 0.4) is 0 Å². The minimum Gasteiger partial charge on any atom is -0.446 e. The van der Waals surface area contributed by atoms with E-state index in [1.165, 1.54) is 0 Å². The third-order valence-electron chi connectivity index (χ3n) is 7.67. The summed E-state index contributed by atoms with van der Waals surface area (Å²) in [5, 5.41) is 3.01. The molecule has 5 rings (SSSR count). The number of ketones is 1. The fourth-order valence-electron chi connectivity index (χ4n) is 5.94. The van der Waals surface area contributed by atoms with Gasteiger partial charge in [0.1, 0.15) is 11.9 Å². The van der Waals surface area contributed by atoms with Crippen LogP contribution in [0.2, 0.25) is 0 Å². The Hall–Kier alpha value is -3.40. The van der Waals surface area contributed by atoms with E-state index in [4.69, 9.17) is 4.74 Å². The Kier molecular flexibility index (Phi) is 6.48. The molecule has 3 aromatic rings. The average Bonchev–Trinajstić information content (AvgIpc) is 2.88. The molecule has 2 aliphatic carbocycles. The maximum Gasteiger partial charge on any atom is 0.407 e. The van der Waals surface area contributed by atoms with E-state index in [-0.39, 0.29) is 35.8 Å². The molecule has 2 bridgehead atoms. The van der Waals surface area contributed by atoms with Crippen molar-refractivity contribution < 1.29 is 14.3 Å². The first-order chi connectivity index (χ1) is 16.6. The zero-order chi connectivity index (χ0) is 23.5. The van der Waals surface area contributed by atoms with E-state index in [9.17, 15) is 9.59 Å². The highest BCUT2D eigenvalue weighted by atomic mass is 16.6. The Morgan fingerprint density at radius 1 is 0.794 bits per heavy atom. The lowest BCUT2D eigenvalue weighted by atomic mass is 9.58. The molecule has 3 aromatic carbocycles. The van der Waals surface area contributed by atoms with Crippen molar-refractivity contribution in [2.45, 2.75) is 50.2 Å². The Morgan fingerprint density at radius 3 is 1.97 bits per heavy atom. The van der Waals surface area contributed by atoms with E-state index in [2.05, 4.69) is 29.6 Å². The highest BCUT2D eigenvalue weighted by Gasteiger charge is 2.50. The molecule has 0 spiro atoms. The van der Waals surface area contributed by atoms with E-state index in [0.29, 0.717) is 18.6 Å². The van der Waals surface area contributed by atoms with E-state index in [1.807, 2.05) is 73.7 Å². The molecule has 0 saturated heterocycles. The second-order valence-electron chi connectivity index (χ2n) is 9.67. The second kappa shape index (κ2) is 9.84. The molecule has 0 unspecified atom stereocenters. The Labute approximate surface area is 201 Å². The number of carbonyl (C=O) groups excluding carboxylic acids is 2. The van der Waals surface area contributed by atoms with E-state index >= 15 is 0 Å². The summed E-state index contributed by atoms with van der Waals surface area (Å²) >= 11 is 0. The summed E-state index contributed by atoms with van der Waals surface area (Å²) < 4.78 is 6.15. The van der Waals surface area contributed by atoms with E-state index in [1.54, 1.807) is 0 Å². The van der Waals surface area contributed by atoms with Crippen LogP contribution in [-0.2, 0) is 9.53 Å². The van der Waals surface area contributed by atoms with E-state index in [0.717, 1.165) is 23.1 Å². The molecule has 2 aliphatic rings. The van der Waals surface area contributed by atoms with Crippen molar-refractivity contribution >= 4 is 11.9 Å². The summed E-state index contributed by atoms with van der Waals surface area (Å²) in [6.07, 6.45) is 1.29. The predicted molar refractivity (Wildman–Crippen MR) is 132 cm³/mol. The molecule has 2 saturated carbocycles. The maximum absolute atomic E-state index is 13.3. The molecule has 0 radical (unpaired) electrons. The van der Waals surface area contributed by atoms with Gasteiger partial charge in [0.15, 0.2) is 0 Å². The quantitative estimate of drug-likeness (QED) is 0.486. The molecule has 1 N–H and O–H groups in total. The number of amides is 1. The van der Waals surface area contributed by atoms with Crippen molar-refractivity contribution in [3.05, 3.63) is 108 Å².